The van der Waals surface area contributed by atoms with Gasteiger partial charge in [-0.3, -0.25) is 0 Å². The van der Waals surface area contributed by atoms with Crippen LogP contribution in [0.4, 0.5) is 0 Å². The number of carboxylic acids is 1. The number of benzene rings is 4. The average molecular weight is 487 g/mol. The van der Waals surface area contributed by atoms with Crippen molar-refractivity contribution in [3.63, 3.8) is 0 Å². The number of nitrogens with zero attached hydrogens (tertiary/aromatic N) is 1. The summed E-state index contributed by atoms with van der Waals surface area (Å²) in [5.41, 5.74) is 8.18. The van der Waals surface area contributed by atoms with Crippen molar-refractivity contribution in [1.82, 2.24) is 9.55 Å². The normalized spacial score (nSPS) is 11.3. The second-order valence-electron chi connectivity index (χ2n) is 9.33. The minimum Gasteiger partial charge on any atom is -0.497 e. The van der Waals surface area contributed by atoms with E-state index in [0.29, 0.717) is 12.0 Å². The molecule has 0 amide bonds. The monoisotopic (exact) mass is 486 g/mol. The minimum atomic E-state index is -0.906. The fraction of sp³-hybridized carbons (Fsp3) is 0.0938. The largest absolute Gasteiger partial charge is 0.497 e. The smallest absolute Gasteiger partial charge is 0.335 e. The van der Waals surface area contributed by atoms with Crippen LogP contribution in [0.3, 0.4) is 0 Å². The molecule has 0 spiro atoms. The number of hydrogen-bond acceptors (Lipinski definition) is 2. The van der Waals surface area contributed by atoms with Gasteiger partial charge in [0.25, 0.3) is 0 Å². The Morgan fingerprint density at radius 1 is 0.892 bits per heavy atom. The number of H-pyrrole nitrogens is 1. The Morgan fingerprint density at radius 2 is 1.70 bits per heavy atom. The molecule has 0 fully saturated rings. The first-order valence-corrected chi connectivity index (χ1v) is 12.2. The molecule has 0 aliphatic rings. The van der Waals surface area contributed by atoms with E-state index in [1.807, 2.05) is 24.4 Å². The predicted octanol–water partition coefficient (Wildman–Crippen LogP) is 7.14. The number of fused-ring (bicyclic) bond motifs is 2. The van der Waals surface area contributed by atoms with Crippen molar-refractivity contribution in [3.05, 3.63) is 126 Å². The van der Waals surface area contributed by atoms with Crippen LogP contribution in [-0.2, 0) is 13.0 Å². The van der Waals surface area contributed by atoms with Crippen LogP contribution < -0.4 is 4.74 Å². The minimum absolute atomic E-state index is 0.311. The van der Waals surface area contributed by atoms with Gasteiger partial charge in [0, 0.05) is 35.4 Å². The lowest BCUT2D eigenvalue weighted by Crippen LogP contribution is -1.98. The number of aromatic nitrogens is 2. The third-order valence-electron chi connectivity index (χ3n) is 6.93. The molecule has 6 aromatic rings. The van der Waals surface area contributed by atoms with Crippen molar-refractivity contribution in [2.75, 3.05) is 7.11 Å². The lowest BCUT2D eigenvalue weighted by atomic mass is 9.99. The summed E-state index contributed by atoms with van der Waals surface area (Å²) in [5, 5.41) is 11.6. The molecule has 37 heavy (non-hydrogen) atoms. The van der Waals surface area contributed by atoms with Gasteiger partial charge in [0.15, 0.2) is 0 Å². The molecule has 5 nitrogen and oxygen atoms in total. The Morgan fingerprint density at radius 3 is 2.57 bits per heavy atom. The summed E-state index contributed by atoms with van der Waals surface area (Å²) in [4.78, 5) is 14.7. The molecule has 0 bridgehead atoms. The molecule has 2 aromatic heterocycles. The summed E-state index contributed by atoms with van der Waals surface area (Å²) in [7, 11) is 1.69. The van der Waals surface area contributed by atoms with Gasteiger partial charge >= 0.3 is 5.97 Å². The molecule has 2 heterocycles. The summed E-state index contributed by atoms with van der Waals surface area (Å²) in [5.74, 6) is -0.0418. The van der Waals surface area contributed by atoms with Gasteiger partial charge in [-0.15, -0.1) is 0 Å². The Bertz CT molecular complexity index is 1760. The molecular formula is C32H26N2O3. The number of nitrogens with one attached hydrogen (secondary N) is 1. The average Bonchev–Trinajstić information content (AvgIpc) is 3.52. The molecule has 5 heteroatoms. The highest BCUT2D eigenvalue weighted by molar-refractivity contribution is 5.91. The van der Waals surface area contributed by atoms with Gasteiger partial charge in [0.1, 0.15) is 5.75 Å². The van der Waals surface area contributed by atoms with Crippen molar-refractivity contribution in [2.24, 2.45) is 0 Å². The molecule has 0 unspecified atom stereocenters. The molecule has 6 rings (SSSR count). The molecule has 0 radical (unpaired) electrons. The maximum Gasteiger partial charge on any atom is 0.335 e. The number of methoxy groups -OCH3 is 1. The highest BCUT2D eigenvalue weighted by Crippen LogP contribution is 2.30. The van der Waals surface area contributed by atoms with E-state index < -0.39 is 5.97 Å². The van der Waals surface area contributed by atoms with Crippen molar-refractivity contribution < 1.29 is 14.6 Å². The topological polar surface area (TPSA) is 67.2 Å². The van der Waals surface area contributed by atoms with Gasteiger partial charge in [-0.2, -0.15) is 0 Å². The first kappa shape index (κ1) is 22.7. The van der Waals surface area contributed by atoms with E-state index in [1.165, 1.54) is 16.5 Å². The zero-order chi connectivity index (χ0) is 25.4. The van der Waals surface area contributed by atoms with Crippen LogP contribution in [0.25, 0.3) is 32.9 Å². The highest BCUT2D eigenvalue weighted by atomic mass is 16.5. The number of carboxylic acid groups (broad SMARTS) is 1. The SMILES string of the molecule is COc1cccc(Cn2ccc3ccc(-c4ccc5c(Cc6cccc(C(=O)O)c6)c[nH]c5c4)cc32)c1. The molecule has 0 saturated heterocycles. The van der Waals surface area contributed by atoms with E-state index in [4.69, 9.17) is 4.74 Å². The van der Waals surface area contributed by atoms with Crippen LogP contribution in [0, 0.1) is 0 Å². The summed E-state index contributed by atoms with van der Waals surface area (Å²) in [6, 6.07) is 30.5. The predicted molar refractivity (Wildman–Crippen MR) is 148 cm³/mol. The number of aromatic carboxylic acids is 1. The fourth-order valence-electron chi connectivity index (χ4n) is 5.02. The summed E-state index contributed by atoms with van der Waals surface area (Å²) >= 11 is 0. The van der Waals surface area contributed by atoms with Gasteiger partial charge < -0.3 is 19.4 Å². The van der Waals surface area contributed by atoms with E-state index in [0.717, 1.165) is 45.5 Å². The van der Waals surface area contributed by atoms with Crippen molar-refractivity contribution >= 4 is 27.8 Å². The molecule has 0 aliphatic carbocycles. The molecule has 0 atom stereocenters. The zero-order valence-electron chi connectivity index (χ0n) is 20.4. The van der Waals surface area contributed by atoms with E-state index in [1.54, 1.807) is 25.3 Å². The number of rotatable bonds is 7. The molecular weight excluding hydrogens is 460 g/mol. The van der Waals surface area contributed by atoms with Crippen LogP contribution >= 0.6 is 0 Å². The van der Waals surface area contributed by atoms with E-state index in [9.17, 15) is 9.90 Å². The van der Waals surface area contributed by atoms with Crippen molar-refractivity contribution in [3.8, 4) is 16.9 Å². The second-order valence-corrected chi connectivity index (χ2v) is 9.33. The Hall–Kier alpha value is -4.77. The van der Waals surface area contributed by atoms with Crippen LogP contribution in [0.1, 0.15) is 27.0 Å². The van der Waals surface area contributed by atoms with E-state index in [-0.39, 0.29) is 0 Å². The number of ether oxygens (including phenoxy) is 1. The first-order valence-electron chi connectivity index (χ1n) is 12.2. The van der Waals surface area contributed by atoms with Gasteiger partial charge in [-0.1, -0.05) is 48.5 Å². The number of hydrogen-bond donors (Lipinski definition) is 2. The fourth-order valence-corrected chi connectivity index (χ4v) is 5.02. The Kier molecular flexibility index (Phi) is 5.73. The van der Waals surface area contributed by atoms with Crippen LogP contribution in [0.15, 0.2) is 103 Å². The molecule has 4 aromatic carbocycles. The number of aromatic amines is 1. The van der Waals surface area contributed by atoms with Crippen molar-refractivity contribution in [2.45, 2.75) is 13.0 Å². The quantitative estimate of drug-likeness (QED) is 0.252. The highest BCUT2D eigenvalue weighted by Gasteiger charge is 2.10. The van der Waals surface area contributed by atoms with Crippen LogP contribution in [-0.4, -0.2) is 27.7 Å². The van der Waals surface area contributed by atoms with Crippen molar-refractivity contribution in [1.29, 1.82) is 0 Å². The molecule has 2 N–H and O–H groups in total. The lowest BCUT2D eigenvalue weighted by molar-refractivity contribution is 0.0696. The lowest BCUT2D eigenvalue weighted by Gasteiger charge is -2.09. The maximum absolute atomic E-state index is 11.3. The Labute approximate surface area is 214 Å². The third kappa shape index (κ3) is 4.47. The summed E-state index contributed by atoms with van der Waals surface area (Å²) in [6.07, 6.45) is 4.82. The van der Waals surface area contributed by atoms with E-state index in [2.05, 4.69) is 70.3 Å². The molecule has 0 saturated carbocycles. The van der Waals surface area contributed by atoms with Crippen LogP contribution in [0.5, 0.6) is 5.75 Å². The molecule has 0 aliphatic heterocycles. The zero-order valence-corrected chi connectivity index (χ0v) is 20.4. The Balaban J connectivity index is 1.30. The summed E-state index contributed by atoms with van der Waals surface area (Å²) in [6.45, 7) is 0.770. The van der Waals surface area contributed by atoms with E-state index >= 15 is 0 Å². The van der Waals surface area contributed by atoms with Gasteiger partial charge in [-0.25, -0.2) is 4.79 Å². The van der Waals surface area contributed by atoms with Gasteiger partial charge in [-0.05, 0) is 82.1 Å². The standard InChI is InChI=1S/C32H26N2O3/c1-37-28-7-3-5-22(16-28)20-34-13-12-23-8-9-25(18-31(23)34)24-10-11-29-27(19-33-30(29)17-24)15-21-4-2-6-26(14-21)32(35)36/h2-14,16-19,33H,15,20H2,1H3,(H,35,36). The van der Waals surface area contributed by atoms with Gasteiger partial charge in [0.2, 0.25) is 0 Å². The third-order valence-corrected chi connectivity index (χ3v) is 6.93. The maximum atomic E-state index is 11.3. The van der Waals surface area contributed by atoms with Gasteiger partial charge in [0.05, 0.1) is 12.7 Å². The first-order chi connectivity index (χ1) is 18.1. The number of carbonyl (C=O) groups is 1. The van der Waals surface area contributed by atoms with Crippen LogP contribution in [0.2, 0.25) is 0 Å². The second kappa shape index (κ2) is 9.36. The molecule has 182 valence electrons. The summed E-state index contributed by atoms with van der Waals surface area (Å²) < 4.78 is 7.66.